The van der Waals surface area contributed by atoms with Crippen molar-refractivity contribution in [3.05, 3.63) is 35.9 Å². The molecule has 1 aromatic rings. The molecule has 0 spiro atoms. The second-order valence-electron chi connectivity index (χ2n) is 5.16. The first-order valence-electron chi connectivity index (χ1n) is 5.81. The van der Waals surface area contributed by atoms with E-state index in [2.05, 4.69) is 25.7 Å². The van der Waals surface area contributed by atoms with E-state index in [1.165, 1.54) is 0 Å². The van der Waals surface area contributed by atoms with Gasteiger partial charge in [-0.25, -0.2) is 0 Å². The molecule has 0 radical (unpaired) electrons. The lowest BCUT2D eigenvalue weighted by Gasteiger charge is -2.31. The van der Waals surface area contributed by atoms with Crippen LogP contribution in [0.3, 0.4) is 0 Å². The first kappa shape index (κ1) is 11.7. The van der Waals surface area contributed by atoms with Crippen LogP contribution in [0.1, 0.15) is 32.3 Å². The highest BCUT2D eigenvalue weighted by Gasteiger charge is 2.33. The van der Waals surface area contributed by atoms with Crippen LogP contribution in [0.15, 0.2) is 30.3 Å². The molecule has 0 aliphatic carbocycles. The van der Waals surface area contributed by atoms with Crippen molar-refractivity contribution in [2.45, 2.75) is 32.8 Å². The molecule has 0 N–H and O–H groups in total. The van der Waals surface area contributed by atoms with Gasteiger partial charge in [-0.05, 0) is 17.5 Å². The van der Waals surface area contributed by atoms with Crippen molar-refractivity contribution < 1.29 is 9.53 Å². The molecule has 17 heavy (non-hydrogen) atoms. The quantitative estimate of drug-likeness (QED) is 0.504. The molecular formula is C15H16O2. The van der Waals surface area contributed by atoms with Crippen molar-refractivity contribution in [3.63, 3.8) is 0 Å². The Kier molecular flexibility index (Phi) is 3.19. The maximum Gasteiger partial charge on any atom is 0.307 e. The Bertz CT molecular complexity index is 463. The minimum absolute atomic E-state index is 0.00856. The number of benzene rings is 1. The third-order valence-electron chi connectivity index (χ3n) is 2.79. The van der Waals surface area contributed by atoms with E-state index in [0.717, 1.165) is 12.0 Å². The molecule has 0 amide bonds. The van der Waals surface area contributed by atoms with Gasteiger partial charge in [0.1, 0.15) is 0 Å². The smallest absolute Gasteiger partial charge is 0.307 e. The average Bonchev–Trinajstić information content (AvgIpc) is 2.25. The second kappa shape index (κ2) is 4.63. The normalized spacial score (nSPS) is 22.2. The number of hydrogen-bond donors (Lipinski definition) is 0. The van der Waals surface area contributed by atoms with E-state index in [0.29, 0.717) is 6.42 Å². The number of hydrogen-bond acceptors (Lipinski definition) is 2. The van der Waals surface area contributed by atoms with Gasteiger partial charge in [-0.1, -0.05) is 43.9 Å². The van der Waals surface area contributed by atoms with Gasteiger partial charge in [0.15, 0.2) is 6.10 Å². The monoisotopic (exact) mass is 228 g/mol. The topological polar surface area (TPSA) is 26.3 Å². The molecule has 1 atom stereocenters. The zero-order valence-electron chi connectivity index (χ0n) is 10.2. The Morgan fingerprint density at radius 2 is 2.00 bits per heavy atom. The molecule has 2 rings (SSSR count). The maximum atomic E-state index is 11.4. The van der Waals surface area contributed by atoms with Crippen molar-refractivity contribution in [1.82, 2.24) is 0 Å². The SMILES string of the molecule is CC1(C)CC(=O)O[C@@H](C#Cc2ccccc2)C1. The van der Waals surface area contributed by atoms with E-state index in [1.54, 1.807) is 0 Å². The zero-order valence-corrected chi connectivity index (χ0v) is 10.2. The predicted molar refractivity (Wildman–Crippen MR) is 66.2 cm³/mol. The van der Waals surface area contributed by atoms with Crippen LogP contribution in [0.5, 0.6) is 0 Å². The van der Waals surface area contributed by atoms with E-state index in [-0.39, 0.29) is 17.5 Å². The van der Waals surface area contributed by atoms with Gasteiger partial charge in [0.2, 0.25) is 0 Å². The summed E-state index contributed by atoms with van der Waals surface area (Å²) in [7, 11) is 0. The molecular weight excluding hydrogens is 212 g/mol. The fourth-order valence-electron chi connectivity index (χ4n) is 1.97. The van der Waals surface area contributed by atoms with Crippen LogP contribution in [0.4, 0.5) is 0 Å². The predicted octanol–water partition coefficient (Wildman–Crippen LogP) is 2.77. The first-order chi connectivity index (χ1) is 8.05. The average molecular weight is 228 g/mol. The summed E-state index contributed by atoms with van der Waals surface area (Å²) in [6.07, 6.45) is 1.01. The largest absolute Gasteiger partial charge is 0.449 e. The lowest BCUT2D eigenvalue weighted by molar-refractivity contribution is -0.156. The molecule has 0 aromatic heterocycles. The highest BCUT2D eigenvalue weighted by atomic mass is 16.5. The summed E-state index contributed by atoms with van der Waals surface area (Å²) < 4.78 is 5.23. The summed E-state index contributed by atoms with van der Waals surface area (Å²) in [4.78, 5) is 11.4. The van der Waals surface area contributed by atoms with E-state index in [9.17, 15) is 4.79 Å². The standard InChI is InChI=1S/C15H16O2/c1-15(2)10-13(17-14(16)11-15)9-8-12-6-4-3-5-7-12/h3-7,13H,10-11H2,1-2H3/t13-/m0/s1. The molecule has 1 aromatic carbocycles. The highest BCUT2D eigenvalue weighted by molar-refractivity contribution is 5.71. The van der Waals surface area contributed by atoms with Gasteiger partial charge in [-0.2, -0.15) is 0 Å². The van der Waals surface area contributed by atoms with Gasteiger partial charge in [0, 0.05) is 12.0 Å². The number of rotatable bonds is 0. The van der Waals surface area contributed by atoms with Crippen molar-refractivity contribution in [3.8, 4) is 11.8 Å². The lowest BCUT2D eigenvalue weighted by atomic mass is 9.81. The summed E-state index contributed by atoms with van der Waals surface area (Å²) in [5.41, 5.74) is 0.942. The minimum atomic E-state index is -0.272. The summed E-state index contributed by atoms with van der Waals surface area (Å²) in [6, 6.07) is 9.74. The number of carbonyl (C=O) groups excluding carboxylic acids is 1. The number of cyclic esters (lactones) is 1. The minimum Gasteiger partial charge on any atom is -0.449 e. The molecule has 2 heteroatoms. The summed E-state index contributed by atoms with van der Waals surface area (Å²) in [5.74, 6) is 5.93. The van der Waals surface area contributed by atoms with Crippen LogP contribution in [0.25, 0.3) is 0 Å². The van der Waals surface area contributed by atoms with E-state index >= 15 is 0 Å². The van der Waals surface area contributed by atoms with Gasteiger partial charge in [0.05, 0.1) is 6.42 Å². The van der Waals surface area contributed by atoms with Crippen LogP contribution >= 0.6 is 0 Å². The van der Waals surface area contributed by atoms with Crippen LogP contribution in [-0.2, 0) is 9.53 Å². The van der Waals surface area contributed by atoms with Crippen LogP contribution < -0.4 is 0 Å². The van der Waals surface area contributed by atoms with E-state index in [4.69, 9.17) is 4.74 Å². The van der Waals surface area contributed by atoms with Crippen molar-refractivity contribution >= 4 is 5.97 Å². The summed E-state index contributed by atoms with van der Waals surface area (Å²) in [6.45, 7) is 4.15. The fourth-order valence-corrected chi connectivity index (χ4v) is 1.97. The Morgan fingerprint density at radius 3 is 2.65 bits per heavy atom. The maximum absolute atomic E-state index is 11.4. The molecule has 1 aliphatic rings. The molecule has 0 bridgehead atoms. The van der Waals surface area contributed by atoms with Gasteiger partial charge in [0.25, 0.3) is 0 Å². The Labute approximate surface area is 102 Å². The summed E-state index contributed by atoms with van der Waals surface area (Å²) >= 11 is 0. The van der Waals surface area contributed by atoms with Gasteiger partial charge >= 0.3 is 5.97 Å². The molecule has 1 aliphatic heterocycles. The molecule has 0 unspecified atom stereocenters. The highest BCUT2D eigenvalue weighted by Crippen LogP contribution is 2.32. The zero-order chi connectivity index (χ0) is 12.3. The molecule has 88 valence electrons. The molecule has 0 saturated carbocycles. The third-order valence-corrected chi connectivity index (χ3v) is 2.79. The van der Waals surface area contributed by atoms with Crippen molar-refractivity contribution in [2.24, 2.45) is 5.41 Å². The molecule has 2 nitrogen and oxygen atoms in total. The van der Waals surface area contributed by atoms with Crippen molar-refractivity contribution in [1.29, 1.82) is 0 Å². The number of ether oxygens (including phenoxy) is 1. The molecule has 1 fully saturated rings. The lowest BCUT2D eigenvalue weighted by Crippen LogP contribution is -2.33. The van der Waals surface area contributed by atoms with Crippen molar-refractivity contribution in [2.75, 3.05) is 0 Å². The summed E-state index contributed by atoms with van der Waals surface area (Å²) in [5, 5.41) is 0. The first-order valence-corrected chi connectivity index (χ1v) is 5.81. The van der Waals surface area contributed by atoms with Gasteiger partial charge < -0.3 is 4.74 Å². The Balaban J connectivity index is 2.09. The number of carbonyl (C=O) groups is 1. The van der Waals surface area contributed by atoms with E-state index < -0.39 is 0 Å². The van der Waals surface area contributed by atoms with E-state index in [1.807, 2.05) is 30.3 Å². The van der Waals surface area contributed by atoms with Crippen LogP contribution in [0, 0.1) is 17.3 Å². The Hall–Kier alpha value is -1.75. The third kappa shape index (κ3) is 3.35. The molecule has 1 saturated heterocycles. The van der Waals surface area contributed by atoms with Gasteiger partial charge in [-0.15, -0.1) is 0 Å². The fraction of sp³-hybridized carbons (Fsp3) is 0.400. The van der Waals surface area contributed by atoms with Gasteiger partial charge in [-0.3, -0.25) is 4.79 Å². The van der Waals surface area contributed by atoms with Crippen LogP contribution in [0.2, 0.25) is 0 Å². The Morgan fingerprint density at radius 1 is 1.29 bits per heavy atom. The molecule has 1 heterocycles. The second-order valence-corrected chi connectivity index (χ2v) is 5.16. The number of esters is 1. The van der Waals surface area contributed by atoms with Crippen LogP contribution in [-0.4, -0.2) is 12.1 Å².